The number of hydrogen-bond donors (Lipinski definition) is 2. The first-order valence-electron chi connectivity index (χ1n) is 8.65. The van der Waals surface area contributed by atoms with Crippen LogP contribution in [0.25, 0.3) is 0 Å². The fourth-order valence-electron chi connectivity index (χ4n) is 2.41. The topological polar surface area (TPSA) is 102 Å². The van der Waals surface area contributed by atoms with Gasteiger partial charge in [-0.15, -0.1) is 0 Å². The van der Waals surface area contributed by atoms with Gasteiger partial charge in [0.25, 0.3) is 0 Å². The second-order valence-corrected chi connectivity index (χ2v) is 8.48. The summed E-state index contributed by atoms with van der Waals surface area (Å²) < 4.78 is 41.1. The molecule has 0 aliphatic heterocycles. The monoisotopic (exact) mass is 466 g/mol. The summed E-state index contributed by atoms with van der Waals surface area (Å²) in [5, 5.41) is 0.245. The van der Waals surface area contributed by atoms with E-state index in [0.29, 0.717) is 11.5 Å². The molecule has 0 spiro atoms. The molecule has 0 atom stereocenters. The molecule has 0 amide bonds. The summed E-state index contributed by atoms with van der Waals surface area (Å²) in [7, 11) is -2.48. The highest BCUT2D eigenvalue weighted by Crippen LogP contribution is 2.39. The fraction of sp³-hybridized carbons (Fsp3) is 0.158. The van der Waals surface area contributed by atoms with Gasteiger partial charge in [-0.05, 0) is 24.0 Å². The number of nitrogens with zero attached hydrogens (tertiary/aromatic N) is 2. The van der Waals surface area contributed by atoms with E-state index in [9.17, 15) is 8.42 Å². The van der Waals surface area contributed by atoms with Crippen LogP contribution in [0.1, 0.15) is 5.56 Å². The first-order chi connectivity index (χ1) is 14.4. The molecule has 11 heteroatoms. The Labute approximate surface area is 184 Å². The summed E-state index contributed by atoms with van der Waals surface area (Å²) >= 11 is 7.49. The van der Waals surface area contributed by atoms with Crippen LogP contribution < -0.4 is 18.9 Å². The number of ether oxygens (including phenoxy) is 2. The normalized spacial score (nSPS) is 11.2. The predicted octanol–water partition coefficient (Wildman–Crippen LogP) is 4.10. The number of anilines is 1. The predicted molar refractivity (Wildman–Crippen MR) is 118 cm³/mol. The molecule has 0 aliphatic rings. The lowest BCUT2D eigenvalue weighted by molar-refractivity contribution is 0.378. The van der Waals surface area contributed by atoms with E-state index in [2.05, 4.69) is 19.4 Å². The number of aromatic nitrogens is 2. The summed E-state index contributed by atoms with van der Waals surface area (Å²) in [6, 6.07) is 16.0. The molecule has 0 aliphatic carbocycles. The quantitative estimate of drug-likeness (QED) is 0.278. The smallest absolute Gasteiger partial charge is 0.300 e. The summed E-state index contributed by atoms with van der Waals surface area (Å²) in [6.07, 6.45) is 1.75. The van der Waals surface area contributed by atoms with Gasteiger partial charge in [-0.1, -0.05) is 65.8 Å². The van der Waals surface area contributed by atoms with E-state index in [1.807, 2.05) is 30.3 Å². The van der Waals surface area contributed by atoms with Crippen molar-refractivity contribution in [3.8, 4) is 17.2 Å². The molecule has 3 rings (SSSR count). The molecular formula is C19H19ClN4O4S2. The minimum absolute atomic E-state index is 0.0379. The van der Waals surface area contributed by atoms with Gasteiger partial charge in [0.15, 0.2) is 27.6 Å². The van der Waals surface area contributed by atoms with Gasteiger partial charge in [-0.25, -0.2) is 9.97 Å². The van der Waals surface area contributed by atoms with Crippen molar-refractivity contribution in [2.75, 3.05) is 18.1 Å². The Morgan fingerprint density at radius 1 is 1.03 bits per heavy atom. The van der Waals surface area contributed by atoms with Crippen molar-refractivity contribution >= 4 is 39.4 Å². The number of benzene rings is 2. The maximum absolute atomic E-state index is 12.6. The summed E-state index contributed by atoms with van der Waals surface area (Å²) in [5.41, 5.74) is 0.805. The van der Waals surface area contributed by atoms with Crippen molar-refractivity contribution in [3.63, 3.8) is 0 Å². The summed E-state index contributed by atoms with van der Waals surface area (Å²) in [4.78, 5) is 8.34. The van der Waals surface area contributed by atoms with E-state index < -0.39 is 10.2 Å². The average Bonchev–Trinajstić information content (AvgIpc) is 2.75. The van der Waals surface area contributed by atoms with E-state index in [0.717, 1.165) is 5.56 Å². The molecule has 1 aromatic heterocycles. The van der Waals surface area contributed by atoms with E-state index in [4.69, 9.17) is 21.1 Å². The molecule has 0 fully saturated rings. The van der Waals surface area contributed by atoms with Crippen molar-refractivity contribution < 1.29 is 17.9 Å². The molecule has 0 radical (unpaired) electrons. The van der Waals surface area contributed by atoms with Crippen LogP contribution in [0.15, 0.2) is 59.8 Å². The Balaban J connectivity index is 1.89. The Hall–Kier alpha value is -2.53. The lowest BCUT2D eigenvalue weighted by Crippen LogP contribution is -2.30. The van der Waals surface area contributed by atoms with Gasteiger partial charge in [0, 0.05) is 6.54 Å². The number of halogens is 1. The molecule has 0 saturated carbocycles. The third-order valence-corrected chi connectivity index (χ3v) is 5.60. The standard InChI is InChI=1S/C19H19ClN4O4S2/c1-27-14-10-6-7-11-15(14)28-16-17(20)22-19(29-2)23-18(16)24-30(25,26)21-12-13-8-4-3-5-9-13/h3-11,21H,12H2,1-2H3,(H,22,23,24). The van der Waals surface area contributed by atoms with Gasteiger partial charge in [-0.3, -0.25) is 4.72 Å². The molecular weight excluding hydrogens is 448 g/mol. The average molecular weight is 467 g/mol. The van der Waals surface area contributed by atoms with Crippen molar-refractivity contribution in [1.29, 1.82) is 0 Å². The van der Waals surface area contributed by atoms with Crippen LogP contribution in [0.3, 0.4) is 0 Å². The van der Waals surface area contributed by atoms with E-state index in [1.165, 1.54) is 18.9 Å². The lowest BCUT2D eigenvalue weighted by atomic mass is 10.2. The van der Waals surface area contributed by atoms with Crippen LogP contribution >= 0.6 is 23.4 Å². The van der Waals surface area contributed by atoms with Gasteiger partial charge < -0.3 is 9.47 Å². The van der Waals surface area contributed by atoms with Crippen molar-refractivity contribution in [2.45, 2.75) is 11.7 Å². The second-order valence-electron chi connectivity index (χ2n) is 5.84. The number of para-hydroxylation sites is 2. The largest absolute Gasteiger partial charge is 0.493 e. The third-order valence-electron chi connectivity index (χ3n) is 3.81. The Kier molecular flexibility index (Phi) is 7.38. The van der Waals surface area contributed by atoms with E-state index in [-0.39, 0.29) is 28.4 Å². The minimum atomic E-state index is -3.97. The van der Waals surface area contributed by atoms with Gasteiger partial charge in [-0.2, -0.15) is 13.1 Å². The van der Waals surface area contributed by atoms with Gasteiger partial charge in [0.05, 0.1) is 7.11 Å². The highest BCUT2D eigenvalue weighted by atomic mass is 35.5. The Morgan fingerprint density at radius 2 is 1.70 bits per heavy atom. The Morgan fingerprint density at radius 3 is 2.37 bits per heavy atom. The molecule has 8 nitrogen and oxygen atoms in total. The number of hydrogen-bond acceptors (Lipinski definition) is 7. The summed E-state index contributed by atoms with van der Waals surface area (Å²) in [5.74, 6) is 0.647. The van der Waals surface area contributed by atoms with Crippen molar-refractivity contribution in [3.05, 3.63) is 65.3 Å². The lowest BCUT2D eigenvalue weighted by Gasteiger charge is -2.16. The molecule has 1 heterocycles. The van der Waals surface area contributed by atoms with Gasteiger partial charge in [0.1, 0.15) is 0 Å². The van der Waals surface area contributed by atoms with Crippen LogP contribution in [0.4, 0.5) is 5.82 Å². The molecule has 0 saturated heterocycles. The number of methoxy groups -OCH3 is 1. The zero-order valence-corrected chi connectivity index (χ0v) is 18.5. The zero-order valence-electron chi connectivity index (χ0n) is 16.1. The molecule has 2 N–H and O–H groups in total. The summed E-state index contributed by atoms with van der Waals surface area (Å²) in [6.45, 7) is 0.104. The maximum Gasteiger partial charge on any atom is 0.300 e. The first kappa shape index (κ1) is 22.2. The molecule has 0 unspecified atom stereocenters. The van der Waals surface area contributed by atoms with Crippen LogP contribution in [0.2, 0.25) is 5.15 Å². The van der Waals surface area contributed by atoms with Crippen LogP contribution in [0.5, 0.6) is 17.2 Å². The van der Waals surface area contributed by atoms with Crippen LogP contribution in [-0.2, 0) is 16.8 Å². The van der Waals surface area contributed by atoms with Crippen LogP contribution in [-0.4, -0.2) is 31.8 Å². The number of rotatable bonds is 9. The van der Waals surface area contributed by atoms with Gasteiger partial charge in [0.2, 0.25) is 5.75 Å². The molecule has 2 aromatic carbocycles. The number of nitrogens with one attached hydrogen (secondary N) is 2. The second kappa shape index (κ2) is 9.98. The van der Waals surface area contributed by atoms with E-state index >= 15 is 0 Å². The first-order valence-corrected chi connectivity index (χ1v) is 11.7. The SMILES string of the molecule is COc1ccccc1Oc1c(Cl)nc(SC)nc1NS(=O)(=O)NCc1ccccc1. The fourth-order valence-corrected chi connectivity index (χ4v) is 3.85. The highest BCUT2D eigenvalue weighted by Gasteiger charge is 2.21. The van der Waals surface area contributed by atoms with E-state index in [1.54, 1.807) is 30.5 Å². The third kappa shape index (κ3) is 5.76. The highest BCUT2D eigenvalue weighted by molar-refractivity contribution is 7.98. The van der Waals surface area contributed by atoms with Gasteiger partial charge >= 0.3 is 10.2 Å². The minimum Gasteiger partial charge on any atom is -0.493 e. The Bertz CT molecular complexity index is 1110. The molecule has 30 heavy (non-hydrogen) atoms. The number of thioether (sulfide) groups is 1. The zero-order chi connectivity index (χ0) is 21.6. The van der Waals surface area contributed by atoms with Crippen LogP contribution in [0, 0.1) is 0 Å². The van der Waals surface area contributed by atoms with Crippen molar-refractivity contribution in [2.24, 2.45) is 0 Å². The maximum atomic E-state index is 12.6. The molecule has 3 aromatic rings. The van der Waals surface area contributed by atoms with Crippen molar-refractivity contribution in [1.82, 2.24) is 14.7 Å². The molecule has 158 valence electrons. The molecule has 0 bridgehead atoms.